The van der Waals surface area contributed by atoms with Crippen LogP contribution in [0.2, 0.25) is 0 Å². The largest absolute Gasteiger partial charge is 0.419 e. The fourth-order valence-corrected chi connectivity index (χ4v) is 1.01. The number of alkyl halides is 3. The molecule has 0 fully saturated rings. The molecule has 1 rings (SSSR count). The van der Waals surface area contributed by atoms with Crippen molar-refractivity contribution in [3.8, 4) is 0 Å². The number of hydrogen-bond donors (Lipinski definition) is 2. The number of hydrazine groups is 1. The highest BCUT2D eigenvalue weighted by Crippen LogP contribution is 2.32. The zero-order chi connectivity index (χ0) is 11.5. The van der Waals surface area contributed by atoms with Gasteiger partial charge in [-0.15, -0.1) is 0 Å². The van der Waals surface area contributed by atoms with Crippen LogP contribution in [0, 0.1) is 5.82 Å². The highest BCUT2D eigenvalue weighted by Gasteiger charge is 2.34. The summed E-state index contributed by atoms with van der Waals surface area (Å²) in [4.78, 5) is 0. The van der Waals surface area contributed by atoms with Crippen molar-refractivity contribution >= 4 is 5.69 Å². The van der Waals surface area contributed by atoms with Gasteiger partial charge >= 0.3 is 6.18 Å². The summed E-state index contributed by atoms with van der Waals surface area (Å²) in [5.41, 5.74) is 4.04. The van der Waals surface area contributed by atoms with Gasteiger partial charge in [-0.1, -0.05) is 6.92 Å². The molecule has 0 saturated heterocycles. The second kappa shape index (κ2) is 4.48. The summed E-state index contributed by atoms with van der Waals surface area (Å²) in [5.74, 6) is -1.27. The zero-order valence-electron chi connectivity index (χ0n) is 7.95. The van der Waals surface area contributed by atoms with E-state index in [2.05, 4.69) is 10.9 Å². The molecule has 0 bridgehead atoms. The standard InChI is InChI=1S/C9H10F4N2/c1-2-14-15-6-3-4-8(10)7(5-6)9(11,12)13/h3-5,14-15H,2H2,1H3. The molecule has 0 aromatic heterocycles. The van der Waals surface area contributed by atoms with Crippen molar-refractivity contribution < 1.29 is 17.6 Å². The first-order valence-corrected chi connectivity index (χ1v) is 4.30. The lowest BCUT2D eigenvalue weighted by molar-refractivity contribution is -0.139. The Morgan fingerprint density at radius 2 is 1.93 bits per heavy atom. The van der Waals surface area contributed by atoms with Gasteiger partial charge in [0.2, 0.25) is 0 Å². The molecule has 0 saturated carbocycles. The van der Waals surface area contributed by atoms with E-state index in [-0.39, 0.29) is 5.69 Å². The first-order valence-electron chi connectivity index (χ1n) is 4.30. The Kier molecular flexibility index (Phi) is 3.52. The molecule has 0 radical (unpaired) electrons. The molecule has 0 atom stereocenters. The molecule has 6 heteroatoms. The molecule has 0 aliphatic rings. The minimum Gasteiger partial charge on any atom is -0.322 e. The van der Waals surface area contributed by atoms with Crippen LogP contribution in [0.15, 0.2) is 18.2 Å². The van der Waals surface area contributed by atoms with E-state index in [1.807, 2.05) is 0 Å². The van der Waals surface area contributed by atoms with E-state index in [0.717, 1.165) is 12.1 Å². The SMILES string of the molecule is CCNNc1ccc(F)c(C(F)(F)F)c1. The van der Waals surface area contributed by atoms with Crippen molar-refractivity contribution in [3.63, 3.8) is 0 Å². The van der Waals surface area contributed by atoms with Crippen LogP contribution in [0.5, 0.6) is 0 Å². The van der Waals surface area contributed by atoms with Crippen LogP contribution in [0.4, 0.5) is 23.2 Å². The molecule has 2 nitrogen and oxygen atoms in total. The predicted molar refractivity (Wildman–Crippen MR) is 48.7 cm³/mol. The first-order chi connectivity index (χ1) is 6.95. The summed E-state index contributed by atoms with van der Waals surface area (Å²) in [7, 11) is 0. The Bertz CT molecular complexity index is 335. The molecular formula is C9H10F4N2. The molecule has 0 aliphatic carbocycles. The highest BCUT2D eigenvalue weighted by molar-refractivity contribution is 5.46. The lowest BCUT2D eigenvalue weighted by Crippen LogP contribution is -2.21. The third kappa shape index (κ3) is 3.09. The van der Waals surface area contributed by atoms with Gasteiger partial charge in [0.15, 0.2) is 0 Å². The highest BCUT2D eigenvalue weighted by atomic mass is 19.4. The van der Waals surface area contributed by atoms with Crippen molar-refractivity contribution in [1.29, 1.82) is 0 Å². The fourth-order valence-electron chi connectivity index (χ4n) is 1.01. The average Bonchev–Trinajstić information content (AvgIpc) is 2.15. The molecule has 0 heterocycles. The van der Waals surface area contributed by atoms with Crippen molar-refractivity contribution in [2.45, 2.75) is 13.1 Å². The van der Waals surface area contributed by atoms with Gasteiger partial charge in [0.1, 0.15) is 5.82 Å². The monoisotopic (exact) mass is 222 g/mol. The first kappa shape index (κ1) is 11.8. The Morgan fingerprint density at radius 3 is 2.47 bits per heavy atom. The Morgan fingerprint density at radius 1 is 1.27 bits per heavy atom. The quantitative estimate of drug-likeness (QED) is 0.607. The van der Waals surface area contributed by atoms with Crippen LogP contribution in [0.25, 0.3) is 0 Å². The summed E-state index contributed by atoms with van der Waals surface area (Å²) >= 11 is 0. The van der Waals surface area contributed by atoms with Gasteiger partial charge in [-0.25, -0.2) is 9.82 Å². The molecular weight excluding hydrogens is 212 g/mol. The minimum atomic E-state index is -4.67. The maximum atomic E-state index is 12.8. The summed E-state index contributed by atoms with van der Waals surface area (Å²) in [6, 6.07) is 2.73. The van der Waals surface area contributed by atoms with Gasteiger partial charge < -0.3 is 5.43 Å². The lowest BCUT2D eigenvalue weighted by Gasteiger charge is -2.11. The van der Waals surface area contributed by atoms with Gasteiger partial charge in [0.05, 0.1) is 5.56 Å². The lowest BCUT2D eigenvalue weighted by atomic mass is 10.2. The van der Waals surface area contributed by atoms with Crippen LogP contribution < -0.4 is 10.9 Å². The zero-order valence-corrected chi connectivity index (χ0v) is 7.95. The maximum Gasteiger partial charge on any atom is 0.419 e. The summed E-state index contributed by atoms with van der Waals surface area (Å²) in [5, 5.41) is 0. The Hall–Kier alpha value is -1.30. The molecule has 0 aliphatic heterocycles. The summed E-state index contributed by atoms with van der Waals surface area (Å²) < 4.78 is 49.6. The third-order valence-corrected chi connectivity index (χ3v) is 1.68. The molecule has 0 amide bonds. The van der Waals surface area contributed by atoms with Gasteiger partial charge in [0.25, 0.3) is 0 Å². The van der Waals surface area contributed by atoms with Crippen LogP contribution in [-0.4, -0.2) is 6.54 Å². The van der Waals surface area contributed by atoms with Gasteiger partial charge in [-0.2, -0.15) is 13.2 Å². The third-order valence-electron chi connectivity index (χ3n) is 1.68. The van der Waals surface area contributed by atoms with E-state index in [1.54, 1.807) is 6.92 Å². The normalized spacial score (nSPS) is 11.5. The molecule has 0 unspecified atom stereocenters. The van der Waals surface area contributed by atoms with Crippen molar-refractivity contribution in [2.75, 3.05) is 12.0 Å². The second-order valence-corrected chi connectivity index (χ2v) is 2.85. The van der Waals surface area contributed by atoms with Crippen LogP contribution in [-0.2, 0) is 6.18 Å². The molecule has 1 aromatic rings. The average molecular weight is 222 g/mol. The van der Waals surface area contributed by atoms with Crippen LogP contribution in [0.1, 0.15) is 12.5 Å². The van der Waals surface area contributed by atoms with E-state index in [0.29, 0.717) is 6.54 Å². The Balaban J connectivity index is 2.95. The van der Waals surface area contributed by atoms with E-state index in [9.17, 15) is 17.6 Å². The number of benzene rings is 1. The molecule has 0 spiro atoms. The Labute approximate surface area is 84.3 Å². The van der Waals surface area contributed by atoms with Crippen molar-refractivity contribution in [1.82, 2.24) is 5.43 Å². The topological polar surface area (TPSA) is 24.1 Å². The van der Waals surface area contributed by atoms with E-state index in [4.69, 9.17) is 0 Å². The maximum absolute atomic E-state index is 12.8. The van der Waals surface area contributed by atoms with Gasteiger partial charge in [-0.05, 0) is 18.2 Å². The number of rotatable bonds is 3. The molecule has 15 heavy (non-hydrogen) atoms. The number of anilines is 1. The molecule has 2 N–H and O–H groups in total. The van der Waals surface area contributed by atoms with Crippen molar-refractivity contribution in [3.05, 3.63) is 29.6 Å². The smallest absolute Gasteiger partial charge is 0.322 e. The summed E-state index contributed by atoms with van der Waals surface area (Å²) in [6.07, 6.45) is -4.67. The number of halogens is 4. The fraction of sp³-hybridized carbons (Fsp3) is 0.333. The van der Waals surface area contributed by atoms with Gasteiger partial charge in [-0.3, -0.25) is 0 Å². The van der Waals surface area contributed by atoms with E-state index >= 15 is 0 Å². The van der Waals surface area contributed by atoms with Crippen LogP contribution >= 0.6 is 0 Å². The number of hydrogen-bond acceptors (Lipinski definition) is 2. The van der Waals surface area contributed by atoms with Gasteiger partial charge in [0, 0.05) is 12.2 Å². The van der Waals surface area contributed by atoms with E-state index < -0.39 is 17.6 Å². The second-order valence-electron chi connectivity index (χ2n) is 2.85. The minimum absolute atomic E-state index is 0.172. The summed E-state index contributed by atoms with van der Waals surface area (Å²) in [6.45, 7) is 2.32. The van der Waals surface area contributed by atoms with Crippen molar-refractivity contribution in [2.24, 2.45) is 0 Å². The molecule has 84 valence electrons. The van der Waals surface area contributed by atoms with Crippen LogP contribution in [0.3, 0.4) is 0 Å². The molecule has 1 aromatic carbocycles. The van der Waals surface area contributed by atoms with E-state index in [1.165, 1.54) is 6.07 Å². The number of nitrogens with one attached hydrogen (secondary N) is 2. The predicted octanol–water partition coefficient (Wildman–Crippen LogP) is 2.78.